The van der Waals surface area contributed by atoms with Crippen LogP contribution in [0.5, 0.6) is 0 Å². The van der Waals surface area contributed by atoms with Crippen LogP contribution >= 0.6 is 0 Å². The van der Waals surface area contributed by atoms with Crippen LogP contribution in [-0.4, -0.2) is 6.29 Å². The lowest BCUT2D eigenvalue weighted by Crippen LogP contribution is -1.88. The van der Waals surface area contributed by atoms with Crippen molar-refractivity contribution in [3.63, 3.8) is 0 Å². The van der Waals surface area contributed by atoms with Gasteiger partial charge in [-0.2, -0.15) is 0 Å². The minimum absolute atomic E-state index is 0.404. The fraction of sp³-hybridized carbons (Fsp3) is 0.300. The fourth-order valence-corrected chi connectivity index (χ4v) is 0.997. The van der Waals surface area contributed by atoms with Crippen LogP contribution in [0.2, 0.25) is 0 Å². The van der Waals surface area contributed by atoms with Gasteiger partial charge in [-0.25, -0.2) is 0 Å². The van der Waals surface area contributed by atoms with E-state index < -0.39 is 0 Å². The van der Waals surface area contributed by atoms with Gasteiger partial charge >= 0.3 is 0 Å². The van der Waals surface area contributed by atoms with Crippen molar-refractivity contribution in [1.82, 2.24) is 0 Å². The molecule has 57 valence electrons. The van der Waals surface area contributed by atoms with Gasteiger partial charge in [-0.1, -0.05) is 18.2 Å². The molecule has 0 aromatic heterocycles. The molecule has 0 N–H and O–H groups in total. The van der Waals surface area contributed by atoms with E-state index in [1.54, 1.807) is 0 Å². The topological polar surface area (TPSA) is 17.1 Å². The summed E-state index contributed by atoms with van der Waals surface area (Å²) in [7, 11) is 0. The van der Waals surface area contributed by atoms with Crippen molar-refractivity contribution in [2.45, 2.75) is 20.3 Å². The number of aryl methyl sites for hydroxylation is 2. The first kappa shape index (κ1) is 7.99. The van der Waals surface area contributed by atoms with Crippen molar-refractivity contribution in [2.24, 2.45) is 0 Å². The molecule has 11 heavy (non-hydrogen) atoms. The maximum Gasteiger partial charge on any atom is 0.203 e. The molecular weight excluding hydrogens is 136 g/mol. The standard InChI is InChI=1S/C10H11O/c1-8-3-4-10(5-6-11)7-9(8)2/h3-4,7H,5H2,1-2H3. The molecule has 0 fully saturated rings. The lowest BCUT2D eigenvalue weighted by molar-refractivity contribution is 0.555. The van der Waals surface area contributed by atoms with E-state index >= 15 is 0 Å². The molecule has 0 spiro atoms. The predicted molar refractivity (Wildman–Crippen MR) is 45.3 cm³/mol. The van der Waals surface area contributed by atoms with Crippen molar-refractivity contribution >= 4 is 6.29 Å². The third-order valence-corrected chi connectivity index (χ3v) is 1.85. The van der Waals surface area contributed by atoms with Crippen LogP contribution < -0.4 is 0 Å². The Morgan fingerprint density at radius 3 is 2.55 bits per heavy atom. The monoisotopic (exact) mass is 147 g/mol. The highest BCUT2D eigenvalue weighted by Gasteiger charge is 1.94. The van der Waals surface area contributed by atoms with Crippen LogP contribution in [0.3, 0.4) is 0 Å². The molecule has 0 aliphatic heterocycles. The molecule has 0 bridgehead atoms. The SMILES string of the molecule is Cc1ccc(C[C]=O)cc1C. The molecule has 1 aromatic rings. The summed E-state index contributed by atoms with van der Waals surface area (Å²) < 4.78 is 0. The molecule has 1 heteroatoms. The zero-order chi connectivity index (χ0) is 8.27. The largest absolute Gasteiger partial charge is 0.291 e. The highest BCUT2D eigenvalue weighted by atomic mass is 16.1. The summed E-state index contributed by atoms with van der Waals surface area (Å²) >= 11 is 0. The normalized spacial score (nSPS) is 9.64. The molecule has 1 aromatic carbocycles. The van der Waals surface area contributed by atoms with Gasteiger partial charge in [-0.05, 0) is 30.5 Å². The Morgan fingerprint density at radius 2 is 2.00 bits per heavy atom. The summed E-state index contributed by atoms with van der Waals surface area (Å²) in [6, 6.07) is 6.02. The minimum Gasteiger partial charge on any atom is -0.291 e. The Balaban J connectivity index is 2.95. The highest BCUT2D eigenvalue weighted by Crippen LogP contribution is 2.09. The maximum absolute atomic E-state index is 10.0. The van der Waals surface area contributed by atoms with Gasteiger partial charge < -0.3 is 0 Å². The maximum atomic E-state index is 10.0. The van der Waals surface area contributed by atoms with Gasteiger partial charge in [0.1, 0.15) is 0 Å². The Labute approximate surface area is 67.1 Å². The van der Waals surface area contributed by atoms with E-state index in [1.807, 2.05) is 31.4 Å². The van der Waals surface area contributed by atoms with Crippen LogP contribution in [0, 0.1) is 13.8 Å². The van der Waals surface area contributed by atoms with Crippen molar-refractivity contribution in [2.75, 3.05) is 0 Å². The van der Waals surface area contributed by atoms with E-state index in [9.17, 15) is 4.79 Å². The Morgan fingerprint density at radius 1 is 1.27 bits per heavy atom. The third kappa shape index (κ3) is 1.90. The Hall–Kier alpha value is -1.11. The molecule has 1 rings (SSSR count). The van der Waals surface area contributed by atoms with E-state index in [-0.39, 0.29) is 0 Å². The number of hydrogen-bond acceptors (Lipinski definition) is 1. The van der Waals surface area contributed by atoms with Gasteiger partial charge in [0.2, 0.25) is 6.29 Å². The average Bonchev–Trinajstić information content (AvgIpc) is 1.98. The van der Waals surface area contributed by atoms with Crippen LogP contribution in [0.4, 0.5) is 0 Å². The summed E-state index contributed by atoms with van der Waals surface area (Å²) in [6.45, 7) is 4.10. The zero-order valence-corrected chi connectivity index (χ0v) is 6.85. The molecule has 0 saturated heterocycles. The van der Waals surface area contributed by atoms with E-state index in [4.69, 9.17) is 0 Å². The van der Waals surface area contributed by atoms with Gasteiger partial charge in [0.05, 0.1) is 0 Å². The van der Waals surface area contributed by atoms with Crippen molar-refractivity contribution in [3.05, 3.63) is 34.9 Å². The van der Waals surface area contributed by atoms with E-state index in [1.165, 1.54) is 11.1 Å². The van der Waals surface area contributed by atoms with Crippen LogP contribution in [0.1, 0.15) is 16.7 Å². The summed E-state index contributed by atoms with van der Waals surface area (Å²) in [5.41, 5.74) is 3.54. The summed E-state index contributed by atoms with van der Waals surface area (Å²) in [4.78, 5) is 10.0. The first-order chi connectivity index (χ1) is 5.24. The van der Waals surface area contributed by atoms with E-state index in [0.717, 1.165) is 5.56 Å². The van der Waals surface area contributed by atoms with Gasteiger partial charge in [0.15, 0.2) is 0 Å². The highest BCUT2D eigenvalue weighted by molar-refractivity contribution is 5.56. The van der Waals surface area contributed by atoms with Crippen LogP contribution in [-0.2, 0) is 11.2 Å². The molecule has 0 unspecified atom stereocenters. The van der Waals surface area contributed by atoms with E-state index in [0.29, 0.717) is 6.42 Å². The molecule has 1 nitrogen and oxygen atoms in total. The molecule has 1 radical (unpaired) electrons. The average molecular weight is 147 g/mol. The fourth-order valence-electron chi connectivity index (χ4n) is 0.997. The summed E-state index contributed by atoms with van der Waals surface area (Å²) in [5, 5.41) is 0. The molecule has 0 aliphatic rings. The number of benzene rings is 1. The van der Waals surface area contributed by atoms with Crippen molar-refractivity contribution in [1.29, 1.82) is 0 Å². The molecule has 0 saturated carbocycles. The second kappa shape index (κ2) is 3.33. The summed E-state index contributed by atoms with van der Waals surface area (Å²) in [6.07, 6.45) is 2.28. The molecule has 0 heterocycles. The van der Waals surface area contributed by atoms with Crippen molar-refractivity contribution in [3.8, 4) is 0 Å². The second-order valence-corrected chi connectivity index (χ2v) is 2.74. The van der Waals surface area contributed by atoms with Gasteiger partial charge in [0, 0.05) is 6.42 Å². The molecule has 0 amide bonds. The van der Waals surface area contributed by atoms with Crippen molar-refractivity contribution < 1.29 is 4.79 Å². The predicted octanol–water partition coefficient (Wildman–Crippen LogP) is 1.96. The minimum atomic E-state index is 0.404. The molecule has 0 atom stereocenters. The third-order valence-electron chi connectivity index (χ3n) is 1.85. The van der Waals surface area contributed by atoms with Gasteiger partial charge in [-0.3, -0.25) is 4.79 Å². The number of rotatable bonds is 2. The number of hydrogen-bond donors (Lipinski definition) is 0. The molecular formula is C10H11O. The van der Waals surface area contributed by atoms with Crippen LogP contribution in [0.25, 0.3) is 0 Å². The second-order valence-electron chi connectivity index (χ2n) is 2.74. The van der Waals surface area contributed by atoms with Gasteiger partial charge in [0.25, 0.3) is 0 Å². The number of carbonyl (C=O) groups excluding carboxylic acids is 1. The van der Waals surface area contributed by atoms with E-state index in [2.05, 4.69) is 6.92 Å². The van der Waals surface area contributed by atoms with Gasteiger partial charge in [-0.15, -0.1) is 0 Å². The smallest absolute Gasteiger partial charge is 0.203 e. The quantitative estimate of drug-likeness (QED) is 0.625. The Bertz CT molecular complexity index is 264. The zero-order valence-electron chi connectivity index (χ0n) is 6.85. The molecule has 0 aliphatic carbocycles. The summed E-state index contributed by atoms with van der Waals surface area (Å²) in [5.74, 6) is 0. The van der Waals surface area contributed by atoms with Crippen LogP contribution in [0.15, 0.2) is 18.2 Å². The Kier molecular flexibility index (Phi) is 2.42. The first-order valence-corrected chi connectivity index (χ1v) is 3.65. The first-order valence-electron chi connectivity index (χ1n) is 3.65. The lowest BCUT2D eigenvalue weighted by Gasteiger charge is -2.00. The lowest BCUT2D eigenvalue weighted by atomic mass is 10.1.